The minimum atomic E-state index is -0.809. The van der Waals surface area contributed by atoms with Gasteiger partial charge in [-0.3, -0.25) is 29.1 Å². The summed E-state index contributed by atoms with van der Waals surface area (Å²) in [5, 5.41) is 15.6. The van der Waals surface area contributed by atoms with Crippen LogP contribution in [-0.4, -0.2) is 25.4 Å². The molecule has 0 saturated heterocycles. The Labute approximate surface area is 273 Å². The van der Waals surface area contributed by atoms with E-state index in [1.165, 1.54) is 16.7 Å². The third-order valence-corrected chi connectivity index (χ3v) is 9.20. The fourth-order valence-electron chi connectivity index (χ4n) is 5.00. The molecule has 3 heterocycles. The van der Waals surface area contributed by atoms with Crippen molar-refractivity contribution < 1.29 is 9.72 Å². The van der Waals surface area contributed by atoms with Gasteiger partial charge in [0, 0.05) is 28.5 Å². The van der Waals surface area contributed by atoms with Gasteiger partial charge in [0.15, 0.2) is 9.96 Å². The SMILES string of the molecule is CC1=C(C(=O)Nc2ccccc2)[C@@H](c2ccc(Cl)cc2)n2c(s/c(=C/c3ccc(Sc4nc(C)cc(=O)[nH]4)c([N+](=O)[O-])c3)c2=O)=N1. The third-order valence-electron chi connectivity index (χ3n) is 7.02. The second kappa shape index (κ2) is 12.7. The van der Waals surface area contributed by atoms with Gasteiger partial charge in [0.05, 0.1) is 31.7 Å². The fourth-order valence-corrected chi connectivity index (χ4v) is 7.10. The van der Waals surface area contributed by atoms with Gasteiger partial charge in [-0.05, 0) is 73.1 Å². The van der Waals surface area contributed by atoms with Crippen molar-refractivity contribution in [2.75, 3.05) is 5.32 Å². The smallest absolute Gasteiger partial charge is 0.283 e. The molecule has 0 spiro atoms. The maximum absolute atomic E-state index is 14.0. The second-order valence-electron chi connectivity index (χ2n) is 10.2. The number of carbonyl (C=O) groups is 1. The molecule has 1 aliphatic rings. The van der Waals surface area contributed by atoms with Gasteiger partial charge in [-0.1, -0.05) is 59.3 Å². The number of nitrogens with one attached hydrogen (secondary N) is 2. The number of rotatable bonds is 7. The first-order valence-corrected chi connectivity index (χ1v) is 15.8. The maximum atomic E-state index is 14.0. The highest BCUT2D eigenvalue weighted by Gasteiger charge is 2.32. The number of H-pyrrole nitrogens is 1. The number of halogens is 1. The van der Waals surface area contributed by atoms with Crippen LogP contribution < -0.4 is 25.8 Å². The van der Waals surface area contributed by atoms with Crippen LogP contribution in [0.1, 0.15) is 29.8 Å². The van der Waals surface area contributed by atoms with E-state index in [4.69, 9.17) is 11.6 Å². The molecule has 0 saturated carbocycles. The number of hydrogen-bond acceptors (Lipinski definition) is 9. The normalized spacial score (nSPS) is 14.5. The van der Waals surface area contributed by atoms with Crippen LogP contribution in [0.3, 0.4) is 0 Å². The topological polar surface area (TPSA) is 152 Å². The number of nitro benzene ring substituents is 1. The molecule has 0 radical (unpaired) electrons. The predicted octanol–water partition coefficient (Wildman–Crippen LogP) is 4.98. The molecule has 1 aliphatic heterocycles. The zero-order chi connectivity index (χ0) is 32.5. The lowest BCUT2D eigenvalue weighted by atomic mass is 9.95. The number of fused-ring (bicyclic) bond motifs is 1. The Bertz CT molecular complexity index is 2300. The average molecular weight is 671 g/mol. The van der Waals surface area contributed by atoms with Crippen molar-refractivity contribution in [1.82, 2.24) is 14.5 Å². The Kier molecular flexibility index (Phi) is 8.54. The van der Waals surface area contributed by atoms with Gasteiger partial charge in [-0.15, -0.1) is 0 Å². The molecule has 46 heavy (non-hydrogen) atoms. The van der Waals surface area contributed by atoms with Crippen molar-refractivity contribution in [3.05, 3.63) is 152 Å². The first-order chi connectivity index (χ1) is 22.1. The van der Waals surface area contributed by atoms with Gasteiger partial charge >= 0.3 is 0 Å². The molecule has 0 aliphatic carbocycles. The maximum Gasteiger partial charge on any atom is 0.283 e. The molecule has 2 N–H and O–H groups in total. The summed E-state index contributed by atoms with van der Waals surface area (Å²) in [4.78, 5) is 63.1. The number of hydrogen-bond donors (Lipinski definition) is 2. The van der Waals surface area contributed by atoms with E-state index in [9.17, 15) is 24.5 Å². The van der Waals surface area contributed by atoms with Crippen LogP contribution in [0.25, 0.3) is 6.08 Å². The molecule has 1 atom stereocenters. The van der Waals surface area contributed by atoms with Crippen molar-refractivity contribution >= 4 is 58.1 Å². The van der Waals surface area contributed by atoms with Gasteiger partial charge < -0.3 is 10.3 Å². The second-order valence-corrected chi connectivity index (χ2v) is 12.7. The van der Waals surface area contributed by atoms with Crippen LogP contribution in [0.4, 0.5) is 11.4 Å². The highest BCUT2D eigenvalue weighted by atomic mass is 35.5. The summed E-state index contributed by atoms with van der Waals surface area (Å²) in [5.41, 5.74) is 1.89. The molecule has 0 unspecified atom stereocenters. The number of nitrogens with zero attached hydrogens (tertiary/aromatic N) is 4. The molecule has 230 valence electrons. The van der Waals surface area contributed by atoms with Crippen LogP contribution in [0.5, 0.6) is 0 Å². The van der Waals surface area contributed by atoms with E-state index in [-0.39, 0.29) is 25.8 Å². The number of aromatic nitrogens is 3. The summed E-state index contributed by atoms with van der Waals surface area (Å²) in [6.07, 6.45) is 1.56. The van der Waals surface area contributed by atoms with Gasteiger partial charge in [-0.2, -0.15) is 0 Å². The minimum Gasteiger partial charge on any atom is -0.322 e. The summed E-state index contributed by atoms with van der Waals surface area (Å²) in [7, 11) is 0. The van der Waals surface area contributed by atoms with Crippen molar-refractivity contribution in [1.29, 1.82) is 0 Å². The summed E-state index contributed by atoms with van der Waals surface area (Å²) >= 11 is 8.24. The van der Waals surface area contributed by atoms with E-state index < -0.39 is 22.4 Å². The number of benzene rings is 3. The van der Waals surface area contributed by atoms with E-state index >= 15 is 0 Å². The lowest BCUT2D eigenvalue weighted by Crippen LogP contribution is -2.40. The van der Waals surface area contributed by atoms with E-state index in [1.54, 1.807) is 80.6 Å². The fraction of sp³-hybridized carbons (Fsp3) is 0.0938. The van der Waals surface area contributed by atoms with Crippen molar-refractivity contribution in [2.24, 2.45) is 4.99 Å². The Balaban J connectivity index is 1.43. The van der Waals surface area contributed by atoms with E-state index in [1.807, 2.05) is 6.07 Å². The van der Waals surface area contributed by atoms with E-state index in [2.05, 4.69) is 20.3 Å². The Morgan fingerprint density at radius 1 is 1.09 bits per heavy atom. The molecule has 14 heteroatoms. The molecular formula is C32H23ClN6O5S2. The number of nitro groups is 1. The van der Waals surface area contributed by atoms with Gasteiger partial charge in [-0.25, -0.2) is 9.98 Å². The van der Waals surface area contributed by atoms with E-state index in [0.717, 1.165) is 23.1 Å². The van der Waals surface area contributed by atoms with Crippen LogP contribution in [0.15, 0.2) is 115 Å². The molecule has 1 amide bonds. The molecular weight excluding hydrogens is 648 g/mol. The zero-order valence-electron chi connectivity index (χ0n) is 24.2. The Morgan fingerprint density at radius 2 is 1.83 bits per heavy atom. The lowest BCUT2D eigenvalue weighted by molar-refractivity contribution is -0.387. The number of amides is 1. The molecule has 3 aromatic carbocycles. The van der Waals surface area contributed by atoms with Crippen molar-refractivity contribution in [3.63, 3.8) is 0 Å². The highest BCUT2D eigenvalue weighted by molar-refractivity contribution is 7.99. The summed E-state index contributed by atoms with van der Waals surface area (Å²) in [6, 6.07) is 20.9. The van der Waals surface area contributed by atoms with Crippen LogP contribution in [-0.2, 0) is 4.79 Å². The number of carbonyl (C=O) groups excluding carboxylic acids is 1. The van der Waals surface area contributed by atoms with E-state index in [0.29, 0.717) is 43.6 Å². The van der Waals surface area contributed by atoms with Crippen molar-refractivity contribution in [3.8, 4) is 0 Å². The molecule has 5 aromatic rings. The van der Waals surface area contributed by atoms with Crippen LogP contribution >= 0.6 is 34.7 Å². The Hall–Kier alpha value is -5.11. The summed E-state index contributed by atoms with van der Waals surface area (Å²) < 4.78 is 1.74. The first-order valence-electron chi connectivity index (χ1n) is 13.8. The quantitative estimate of drug-likeness (QED) is 0.141. The standard InChI is InChI=1S/C32H23ClN6O5S2/c1-17-14-26(40)37-31(34-17)45-24-13-8-19(15-23(24)39(43)44)16-25-30(42)38-28(20-9-11-21(33)12-10-20)27(18(2)35-32(38)46-25)29(41)36-22-6-4-3-5-7-22/h3-16,28H,1-2H3,(H,36,41)(H,34,37,40)/b25-16+/t28-/m1/s1. The van der Waals surface area contributed by atoms with Gasteiger partial charge in [0.1, 0.15) is 0 Å². The van der Waals surface area contributed by atoms with Crippen molar-refractivity contribution in [2.45, 2.75) is 29.9 Å². The van der Waals surface area contributed by atoms with Gasteiger partial charge in [0.2, 0.25) is 0 Å². The molecule has 2 aromatic heterocycles. The average Bonchev–Trinajstić information content (AvgIpc) is 3.31. The van der Waals surface area contributed by atoms with Crippen LogP contribution in [0.2, 0.25) is 5.02 Å². The number of allylic oxidation sites excluding steroid dienone is 1. The molecule has 6 rings (SSSR count). The van der Waals surface area contributed by atoms with Crippen LogP contribution in [0, 0.1) is 17.0 Å². The third kappa shape index (κ3) is 6.33. The number of aromatic amines is 1. The Morgan fingerprint density at radius 3 is 2.52 bits per heavy atom. The molecule has 11 nitrogen and oxygen atoms in total. The number of thiazole rings is 1. The van der Waals surface area contributed by atoms with Gasteiger partial charge in [0.25, 0.3) is 22.7 Å². The number of para-hydroxylation sites is 1. The number of aryl methyl sites for hydroxylation is 1. The summed E-state index contributed by atoms with van der Waals surface area (Å²) in [5.74, 6) is -0.408. The molecule has 0 fully saturated rings. The summed E-state index contributed by atoms with van der Waals surface area (Å²) in [6.45, 7) is 3.38. The predicted molar refractivity (Wildman–Crippen MR) is 177 cm³/mol. The first kappa shape index (κ1) is 30.9. The zero-order valence-corrected chi connectivity index (χ0v) is 26.6. The largest absolute Gasteiger partial charge is 0.322 e. The highest BCUT2D eigenvalue weighted by Crippen LogP contribution is 2.34. The monoisotopic (exact) mass is 670 g/mol. The lowest BCUT2D eigenvalue weighted by Gasteiger charge is -2.25. The minimum absolute atomic E-state index is 0.217. The number of anilines is 1. The molecule has 0 bridgehead atoms.